The molecule has 0 aliphatic carbocycles. The van der Waals surface area contributed by atoms with Gasteiger partial charge < -0.3 is 5.32 Å². The second kappa shape index (κ2) is 7.76. The van der Waals surface area contributed by atoms with Crippen molar-refractivity contribution >= 4 is 43.6 Å². The molecule has 4 nitrogen and oxygen atoms in total. The lowest BCUT2D eigenvalue weighted by Gasteiger charge is -2.03. The van der Waals surface area contributed by atoms with Gasteiger partial charge in [0, 0.05) is 6.42 Å². The second-order valence-corrected chi connectivity index (χ2v) is 3.80. The lowest BCUT2D eigenvalue weighted by Crippen LogP contribution is -2.11. The third kappa shape index (κ3) is 5.22. The predicted molar refractivity (Wildman–Crippen MR) is 67.7 cm³/mol. The zero-order valence-electron chi connectivity index (χ0n) is 8.84. The van der Waals surface area contributed by atoms with Gasteiger partial charge in [0.1, 0.15) is 9.21 Å². The molecule has 1 aromatic heterocycles. The maximum absolute atomic E-state index is 11.0. The summed E-state index contributed by atoms with van der Waals surface area (Å²) in [5.74, 6) is 0.354. The Kier molecular flexibility index (Phi) is 7.50. The van der Waals surface area contributed by atoms with Gasteiger partial charge >= 0.3 is 0 Å². The van der Waals surface area contributed by atoms with Crippen LogP contribution in [0.1, 0.15) is 27.2 Å². The Morgan fingerprint density at radius 1 is 1.47 bits per heavy atom. The van der Waals surface area contributed by atoms with Crippen LogP contribution in [0.4, 0.5) is 5.82 Å². The Hall–Kier alpha value is -0.490. The highest BCUT2D eigenvalue weighted by Gasteiger charge is 2.06. The molecule has 1 amide bonds. The lowest BCUT2D eigenvalue weighted by atomic mass is 10.4. The highest BCUT2D eigenvalue weighted by atomic mass is 79.9. The third-order valence-electron chi connectivity index (χ3n) is 1.28. The van der Waals surface area contributed by atoms with Crippen molar-refractivity contribution in [2.45, 2.75) is 27.2 Å². The SMILES string of the molecule is CC.CCC(=O)Nc1ncc(Br)nc1Br. The van der Waals surface area contributed by atoms with Crippen molar-refractivity contribution in [1.29, 1.82) is 0 Å². The van der Waals surface area contributed by atoms with Crippen LogP contribution in [-0.4, -0.2) is 15.9 Å². The molecule has 6 heteroatoms. The monoisotopic (exact) mass is 337 g/mol. The third-order valence-corrected chi connectivity index (χ3v) is 2.21. The zero-order chi connectivity index (χ0) is 11.8. The number of halogens is 2. The van der Waals surface area contributed by atoms with Crippen LogP contribution in [0.3, 0.4) is 0 Å². The normalized spacial score (nSPS) is 8.87. The van der Waals surface area contributed by atoms with E-state index < -0.39 is 0 Å². The Balaban J connectivity index is 0.000000921. The highest BCUT2D eigenvalue weighted by molar-refractivity contribution is 9.11. The van der Waals surface area contributed by atoms with E-state index in [1.165, 1.54) is 6.20 Å². The van der Waals surface area contributed by atoms with Gasteiger partial charge in [0.15, 0.2) is 5.82 Å². The number of aromatic nitrogens is 2. The van der Waals surface area contributed by atoms with E-state index in [1.807, 2.05) is 13.8 Å². The summed E-state index contributed by atoms with van der Waals surface area (Å²) >= 11 is 6.35. The quantitative estimate of drug-likeness (QED) is 0.899. The second-order valence-electron chi connectivity index (χ2n) is 2.23. The topological polar surface area (TPSA) is 54.9 Å². The number of nitrogens with zero attached hydrogens (tertiary/aromatic N) is 2. The molecule has 84 valence electrons. The van der Waals surface area contributed by atoms with E-state index in [2.05, 4.69) is 47.1 Å². The smallest absolute Gasteiger partial charge is 0.225 e. The fourth-order valence-electron chi connectivity index (χ4n) is 0.651. The summed E-state index contributed by atoms with van der Waals surface area (Å²) < 4.78 is 1.14. The van der Waals surface area contributed by atoms with Crippen LogP contribution in [0.5, 0.6) is 0 Å². The first-order valence-electron chi connectivity index (χ1n) is 4.61. The Labute approximate surface area is 106 Å². The highest BCUT2D eigenvalue weighted by Crippen LogP contribution is 2.19. The molecule has 0 saturated carbocycles. The molecule has 0 aromatic carbocycles. The standard InChI is InChI=1S/C7H7Br2N3O.C2H6/c1-2-5(13)12-7-6(9)11-4(8)3-10-7;1-2/h3H,2H2,1H3,(H,10,12,13);1-2H3. The molecule has 0 radical (unpaired) electrons. The number of hydrogen-bond donors (Lipinski definition) is 1. The summed E-state index contributed by atoms with van der Waals surface area (Å²) in [6, 6.07) is 0. The number of rotatable bonds is 2. The summed E-state index contributed by atoms with van der Waals surface area (Å²) in [5.41, 5.74) is 0. The minimum atomic E-state index is -0.0858. The zero-order valence-corrected chi connectivity index (χ0v) is 12.0. The Morgan fingerprint density at radius 2 is 2.07 bits per heavy atom. The summed E-state index contributed by atoms with van der Waals surface area (Å²) in [7, 11) is 0. The minimum Gasteiger partial charge on any atom is -0.308 e. The fraction of sp³-hybridized carbons (Fsp3) is 0.444. The fourth-order valence-corrected chi connectivity index (χ4v) is 1.56. The van der Waals surface area contributed by atoms with Crippen LogP contribution in [0.25, 0.3) is 0 Å². The van der Waals surface area contributed by atoms with Gasteiger partial charge in [0.05, 0.1) is 6.20 Å². The molecule has 1 rings (SSSR count). The number of nitrogens with one attached hydrogen (secondary N) is 1. The van der Waals surface area contributed by atoms with Crippen molar-refractivity contribution in [3.63, 3.8) is 0 Å². The van der Waals surface area contributed by atoms with Gasteiger partial charge in [0.25, 0.3) is 0 Å². The lowest BCUT2D eigenvalue weighted by molar-refractivity contribution is -0.115. The van der Waals surface area contributed by atoms with Crippen LogP contribution in [-0.2, 0) is 4.79 Å². The van der Waals surface area contributed by atoms with Gasteiger partial charge in [-0.05, 0) is 31.9 Å². The number of hydrogen-bond acceptors (Lipinski definition) is 3. The molecule has 0 saturated heterocycles. The molecule has 0 bridgehead atoms. The molecule has 0 spiro atoms. The van der Waals surface area contributed by atoms with Crippen molar-refractivity contribution in [3.8, 4) is 0 Å². The summed E-state index contributed by atoms with van der Waals surface area (Å²) in [5, 5.41) is 2.61. The molecular formula is C9H13Br2N3O. The first-order chi connectivity index (χ1) is 7.13. The van der Waals surface area contributed by atoms with Gasteiger partial charge in [-0.3, -0.25) is 4.79 Å². The molecule has 15 heavy (non-hydrogen) atoms. The van der Waals surface area contributed by atoms with E-state index >= 15 is 0 Å². The predicted octanol–water partition coefficient (Wildman–Crippen LogP) is 3.38. The van der Waals surface area contributed by atoms with Gasteiger partial charge in [-0.2, -0.15) is 0 Å². The first-order valence-corrected chi connectivity index (χ1v) is 6.20. The Morgan fingerprint density at radius 3 is 2.53 bits per heavy atom. The number of amides is 1. The molecule has 0 aliphatic rings. The molecule has 1 N–H and O–H groups in total. The van der Waals surface area contributed by atoms with E-state index in [9.17, 15) is 4.79 Å². The van der Waals surface area contributed by atoms with E-state index in [-0.39, 0.29) is 5.91 Å². The van der Waals surface area contributed by atoms with E-state index in [1.54, 1.807) is 6.92 Å². The van der Waals surface area contributed by atoms with Gasteiger partial charge in [0.2, 0.25) is 5.91 Å². The van der Waals surface area contributed by atoms with Crippen molar-refractivity contribution in [2.75, 3.05) is 5.32 Å². The average molecular weight is 339 g/mol. The number of carbonyl (C=O) groups excluding carboxylic acids is 1. The van der Waals surface area contributed by atoms with Crippen LogP contribution in [0.15, 0.2) is 15.4 Å². The summed E-state index contributed by atoms with van der Waals surface area (Å²) in [6.45, 7) is 5.77. The van der Waals surface area contributed by atoms with E-state index in [4.69, 9.17) is 0 Å². The average Bonchev–Trinajstić information content (AvgIpc) is 2.25. The van der Waals surface area contributed by atoms with Crippen molar-refractivity contribution < 1.29 is 4.79 Å². The van der Waals surface area contributed by atoms with Crippen molar-refractivity contribution in [3.05, 3.63) is 15.4 Å². The van der Waals surface area contributed by atoms with Gasteiger partial charge in [-0.1, -0.05) is 20.8 Å². The Bertz CT molecular complexity index is 331. The molecule has 0 aliphatic heterocycles. The molecule has 1 aromatic rings. The van der Waals surface area contributed by atoms with E-state index in [0.29, 0.717) is 21.4 Å². The van der Waals surface area contributed by atoms with Crippen molar-refractivity contribution in [1.82, 2.24) is 9.97 Å². The van der Waals surface area contributed by atoms with Crippen LogP contribution in [0, 0.1) is 0 Å². The maximum atomic E-state index is 11.0. The molecular weight excluding hydrogens is 326 g/mol. The van der Waals surface area contributed by atoms with Crippen LogP contribution >= 0.6 is 31.9 Å². The largest absolute Gasteiger partial charge is 0.308 e. The molecule has 0 atom stereocenters. The molecule has 0 fully saturated rings. The van der Waals surface area contributed by atoms with E-state index in [0.717, 1.165) is 0 Å². The molecule has 1 heterocycles. The minimum absolute atomic E-state index is 0.0858. The van der Waals surface area contributed by atoms with Crippen molar-refractivity contribution in [2.24, 2.45) is 0 Å². The number of carbonyl (C=O) groups is 1. The van der Waals surface area contributed by atoms with Gasteiger partial charge in [-0.15, -0.1) is 0 Å². The summed E-state index contributed by atoms with van der Waals surface area (Å²) in [4.78, 5) is 19.0. The molecule has 0 unspecified atom stereocenters. The maximum Gasteiger partial charge on any atom is 0.225 e. The summed E-state index contributed by atoms with van der Waals surface area (Å²) in [6.07, 6.45) is 1.94. The van der Waals surface area contributed by atoms with Crippen LogP contribution < -0.4 is 5.32 Å². The van der Waals surface area contributed by atoms with Gasteiger partial charge in [-0.25, -0.2) is 9.97 Å². The van der Waals surface area contributed by atoms with Crippen LogP contribution in [0.2, 0.25) is 0 Å². The first kappa shape index (κ1) is 14.5. The number of anilines is 1.